The van der Waals surface area contributed by atoms with Crippen LogP contribution in [0.3, 0.4) is 0 Å². The zero-order chi connectivity index (χ0) is 18.8. The van der Waals surface area contributed by atoms with E-state index in [1.165, 1.54) is 6.07 Å². The summed E-state index contributed by atoms with van der Waals surface area (Å²) in [6.45, 7) is 5.10. The second kappa shape index (κ2) is 7.35. The van der Waals surface area contributed by atoms with Crippen LogP contribution in [0, 0.1) is 11.6 Å². The molecule has 1 fully saturated rings. The van der Waals surface area contributed by atoms with Crippen LogP contribution in [0.15, 0.2) is 18.2 Å². The van der Waals surface area contributed by atoms with Gasteiger partial charge >= 0.3 is 12.1 Å². The van der Waals surface area contributed by atoms with E-state index in [2.05, 4.69) is 0 Å². The molecule has 1 N–H and O–H groups in total. The standard InChI is InChI=1S/C17H21F2NO5/c1-17(2,3)25-16(23)20-8-11(7-14(20)15(21)22)24-9-10-4-5-12(18)13(19)6-10/h4-6,11,14H,7-9H2,1-3H3,(H,21,22)/t11-,14+/m1/s1. The molecule has 0 unspecified atom stereocenters. The van der Waals surface area contributed by atoms with Gasteiger partial charge in [-0.15, -0.1) is 0 Å². The Labute approximate surface area is 144 Å². The van der Waals surface area contributed by atoms with Crippen molar-refractivity contribution in [2.75, 3.05) is 6.54 Å². The largest absolute Gasteiger partial charge is 0.480 e. The van der Waals surface area contributed by atoms with E-state index in [-0.39, 0.29) is 19.6 Å². The predicted octanol–water partition coefficient (Wildman–Crippen LogP) is 2.94. The number of nitrogens with zero attached hydrogens (tertiary/aromatic N) is 1. The van der Waals surface area contributed by atoms with Crippen LogP contribution in [0.4, 0.5) is 13.6 Å². The van der Waals surface area contributed by atoms with Crippen molar-refractivity contribution in [3.8, 4) is 0 Å². The van der Waals surface area contributed by atoms with Crippen molar-refractivity contribution in [2.24, 2.45) is 0 Å². The van der Waals surface area contributed by atoms with Gasteiger partial charge in [-0.2, -0.15) is 0 Å². The Hall–Kier alpha value is -2.22. The molecule has 2 atom stereocenters. The average Bonchev–Trinajstić information content (AvgIpc) is 2.91. The minimum Gasteiger partial charge on any atom is -0.480 e. The van der Waals surface area contributed by atoms with Crippen LogP contribution >= 0.6 is 0 Å². The van der Waals surface area contributed by atoms with Crippen molar-refractivity contribution in [2.45, 2.75) is 51.5 Å². The van der Waals surface area contributed by atoms with E-state index in [0.29, 0.717) is 5.56 Å². The summed E-state index contributed by atoms with van der Waals surface area (Å²) in [5.41, 5.74) is -0.327. The maximum atomic E-state index is 13.2. The van der Waals surface area contributed by atoms with Crippen LogP contribution in [-0.4, -0.2) is 46.4 Å². The van der Waals surface area contributed by atoms with Crippen LogP contribution in [0.5, 0.6) is 0 Å². The van der Waals surface area contributed by atoms with Crippen LogP contribution in [-0.2, 0) is 20.9 Å². The maximum absolute atomic E-state index is 13.2. The number of aliphatic carboxylic acids is 1. The first-order valence-electron chi connectivity index (χ1n) is 7.85. The summed E-state index contributed by atoms with van der Waals surface area (Å²) < 4.78 is 36.9. The highest BCUT2D eigenvalue weighted by molar-refractivity contribution is 5.81. The SMILES string of the molecule is CC(C)(C)OC(=O)N1C[C@H](OCc2ccc(F)c(F)c2)C[C@H]1C(=O)O. The molecule has 1 aliphatic rings. The molecule has 1 saturated heterocycles. The third-order valence-electron chi connectivity index (χ3n) is 3.65. The molecule has 1 aromatic carbocycles. The van der Waals surface area contributed by atoms with Crippen molar-refractivity contribution in [3.63, 3.8) is 0 Å². The fraction of sp³-hybridized carbons (Fsp3) is 0.529. The zero-order valence-electron chi connectivity index (χ0n) is 14.3. The lowest BCUT2D eigenvalue weighted by atomic mass is 10.2. The van der Waals surface area contributed by atoms with Gasteiger partial charge in [-0.1, -0.05) is 6.07 Å². The molecule has 0 bridgehead atoms. The Morgan fingerprint density at radius 1 is 1.28 bits per heavy atom. The molecule has 1 amide bonds. The predicted molar refractivity (Wildman–Crippen MR) is 83.9 cm³/mol. The van der Waals surface area contributed by atoms with Crippen molar-refractivity contribution in [1.29, 1.82) is 0 Å². The van der Waals surface area contributed by atoms with E-state index < -0.39 is 41.4 Å². The smallest absolute Gasteiger partial charge is 0.411 e. The molecule has 6 nitrogen and oxygen atoms in total. The third kappa shape index (κ3) is 5.12. The number of amides is 1. The molecule has 138 valence electrons. The number of likely N-dealkylation sites (tertiary alicyclic amines) is 1. The molecule has 1 heterocycles. The molecule has 1 aromatic rings. The quantitative estimate of drug-likeness (QED) is 0.897. The van der Waals surface area contributed by atoms with Gasteiger partial charge in [0.25, 0.3) is 0 Å². The minimum absolute atomic E-state index is 0.0175. The fourth-order valence-corrected chi connectivity index (χ4v) is 2.52. The van der Waals surface area contributed by atoms with E-state index in [1.807, 2.05) is 0 Å². The average molecular weight is 357 g/mol. The van der Waals surface area contributed by atoms with Crippen molar-refractivity contribution in [3.05, 3.63) is 35.4 Å². The van der Waals surface area contributed by atoms with Crippen LogP contribution in [0.25, 0.3) is 0 Å². The second-order valence-corrected chi connectivity index (χ2v) is 6.90. The Morgan fingerprint density at radius 3 is 2.52 bits per heavy atom. The molecule has 25 heavy (non-hydrogen) atoms. The Morgan fingerprint density at radius 2 is 1.96 bits per heavy atom. The number of hydrogen-bond acceptors (Lipinski definition) is 4. The van der Waals surface area contributed by atoms with Gasteiger partial charge in [0.05, 0.1) is 19.3 Å². The van der Waals surface area contributed by atoms with Gasteiger partial charge in [0, 0.05) is 6.42 Å². The minimum atomic E-state index is -1.15. The lowest BCUT2D eigenvalue weighted by Gasteiger charge is -2.26. The number of carbonyl (C=O) groups excluding carboxylic acids is 1. The van der Waals surface area contributed by atoms with E-state index in [1.54, 1.807) is 20.8 Å². The number of ether oxygens (including phenoxy) is 2. The second-order valence-electron chi connectivity index (χ2n) is 6.90. The highest BCUT2D eigenvalue weighted by atomic mass is 19.2. The molecule has 2 rings (SSSR count). The van der Waals surface area contributed by atoms with E-state index >= 15 is 0 Å². The number of carboxylic acids is 1. The molecule has 1 aliphatic heterocycles. The highest BCUT2D eigenvalue weighted by Gasteiger charge is 2.42. The maximum Gasteiger partial charge on any atom is 0.411 e. The van der Waals surface area contributed by atoms with E-state index in [4.69, 9.17) is 9.47 Å². The first-order valence-corrected chi connectivity index (χ1v) is 7.85. The van der Waals surface area contributed by atoms with Gasteiger partial charge in [0.15, 0.2) is 11.6 Å². The molecular formula is C17H21F2NO5. The summed E-state index contributed by atoms with van der Waals surface area (Å²) in [5, 5.41) is 9.30. The first-order chi connectivity index (χ1) is 11.6. The molecule has 0 saturated carbocycles. The van der Waals surface area contributed by atoms with Crippen LogP contribution in [0.1, 0.15) is 32.8 Å². The first kappa shape index (κ1) is 19.1. The summed E-state index contributed by atoms with van der Waals surface area (Å²) in [5.74, 6) is -3.08. The lowest BCUT2D eigenvalue weighted by molar-refractivity contribution is -0.142. The number of rotatable bonds is 4. The fourth-order valence-electron chi connectivity index (χ4n) is 2.52. The Balaban J connectivity index is 2.00. The van der Waals surface area contributed by atoms with Crippen molar-refractivity contribution in [1.82, 2.24) is 4.90 Å². The summed E-state index contributed by atoms with van der Waals surface area (Å²) in [6, 6.07) is 2.35. The van der Waals surface area contributed by atoms with Gasteiger partial charge in [-0.3, -0.25) is 4.90 Å². The number of benzene rings is 1. The van der Waals surface area contributed by atoms with Gasteiger partial charge in [-0.25, -0.2) is 18.4 Å². The van der Waals surface area contributed by atoms with E-state index in [0.717, 1.165) is 17.0 Å². The van der Waals surface area contributed by atoms with Crippen LogP contribution in [0.2, 0.25) is 0 Å². The number of carboxylic acid groups (broad SMARTS) is 1. The molecule has 0 aromatic heterocycles. The van der Waals surface area contributed by atoms with Gasteiger partial charge in [0.2, 0.25) is 0 Å². The lowest BCUT2D eigenvalue weighted by Crippen LogP contribution is -2.43. The van der Waals surface area contributed by atoms with Gasteiger partial charge < -0.3 is 14.6 Å². The highest BCUT2D eigenvalue weighted by Crippen LogP contribution is 2.24. The molecular weight excluding hydrogens is 336 g/mol. The summed E-state index contributed by atoms with van der Waals surface area (Å²) in [7, 11) is 0. The third-order valence-corrected chi connectivity index (χ3v) is 3.65. The molecule has 0 aliphatic carbocycles. The Kier molecular flexibility index (Phi) is 5.62. The summed E-state index contributed by atoms with van der Waals surface area (Å²) >= 11 is 0. The van der Waals surface area contributed by atoms with Gasteiger partial charge in [-0.05, 0) is 38.5 Å². The zero-order valence-corrected chi connectivity index (χ0v) is 14.3. The number of halogens is 2. The summed E-state index contributed by atoms with van der Waals surface area (Å²) in [4.78, 5) is 24.7. The summed E-state index contributed by atoms with van der Waals surface area (Å²) in [6.07, 6.45) is -1.17. The van der Waals surface area contributed by atoms with Crippen molar-refractivity contribution >= 4 is 12.1 Å². The molecule has 0 spiro atoms. The monoisotopic (exact) mass is 357 g/mol. The molecule has 8 heteroatoms. The molecule has 0 radical (unpaired) electrons. The van der Waals surface area contributed by atoms with Crippen LogP contribution < -0.4 is 0 Å². The topological polar surface area (TPSA) is 76.1 Å². The normalized spacial score (nSPS) is 20.6. The van der Waals surface area contributed by atoms with E-state index in [9.17, 15) is 23.5 Å². The van der Waals surface area contributed by atoms with Crippen molar-refractivity contribution < 1.29 is 33.0 Å². The number of carbonyl (C=O) groups is 2. The number of hydrogen-bond donors (Lipinski definition) is 1. The van der Waals surface area contributed by atoms with Gasteiger partial charge in [0.1, 0.15) is 11.6 Å². The Bertz CT molecular complexity index is 659.